The zero-order valence-corrected chi connectivity index (χ0v) is 41.4. The van der Waals surface area contributed by atoms with E-state index in [2.05, 4.69) is 57.2 Å². The molecule has 6 heteroatoms. The number of hydrogen-bond donors (Lipinski definition) is 0. The molecule has 0 fully saturated rings. The first-order chi connectivity index (χ1) is 30.5. The highest BCUT2D eigenvalue weighted by atomic mass is 16.6. The molecule has 0 aromatic carbocycles. The lowest BCUT2D eigenvalue weighted by Crippen LogP contribution is -2.30. The van der Waals surface area contributed by atoms with Crippen molar-refractivity contribution in [2.24, 2.45) is 0 Å². The van der Waals surface area contributed by atoms with Gasteiger partial charge in [-0.2, -0.15) is 0 Å². The van der Waals surface area contributed by atoms with E-state index in [0.29, 0.717) is 19.3 Å². The Balaban J connectivity index is 4.26. The van der Waals surface area contributed by atoms with Gasteiger partial charge in [0.1, 0.15) is 13.2 Å². The second-order valence-corrected chi connectivity index (χ2v) is 18.2. The number of hydrogen-bond acceptors (Lipinski definition) is 6. The Morgan fingerprint density at radius 2 is 0.581 bits per heavy atom. The Morgan fingerprint density at radius 3 is 0.903 bits per heavy atom. The van der Waals surface area contributed by atoms with Crippen LogP contribution in [0.3, 0.4) is 0 Å². The number of ether oxygens (including phenoxy) is 3. The molecule has 0 bridgehead atoms. The number of rotatable bonds is 49. The number of esters is 3. The molecule has 0 rings (SSSR count). The van der Waals surface area contributed by atoms with Crippen LogP contribution in [-0.2, 0) is 28.6 Å². The summed E-state index contributed by atoms with van der Waals surface area (Å²) in [6.07, 6.45) is 59.9. The summed E-state index contributed by atoms with van der Waals surface area (Å²) in [5.41, 5.74) is 0. The lowest BCUT2D eigenvalue weighted by molar-refractivity contribution is -0.167. The van der Waals surface area contributed by atoms with Crippen molar-refractivity contribution < 1.29 is 28.6 Å². The number of carbonyl (C=O) groups is 3. The molecule has 0 saturated carbocycles. The Hall–Kier alpha value is -2.37. The molecule has 0 saturated heterocycles. The van der Waals surface area contributed by atoms with Gasteiger partial charge in [-0.1, -0.05) is 243 Å². The minimum absolute atomic E-state index is 0.0728. The average Bonchev–Trinajstić information content (AvgIpc) is 3.27. The molecule has 1 unspecified atom stereocenters. The molecule has 0 aliphatic rings. The van der Waals surface area contributed by atoms with Gasteiger partial charge >= 0.3 is 17.9 Å². The molecular weight excluding hydrogens is 769 g/mol. The van der Waals surface area contributed by atoms with Gasteiger partial charge in [0, 0.05) is 19.3 Å². The molecule has 6 nitrogen and oxygen atoms in total. The van der Waals surface area contributed by atoms with Crippen LogP contribution in [0.2, 0.25) is 0 Å². The van der Waals surface area contributed by atoms with E-state index < -0.39 is 6.10 Å². The quantitative estimate of drug-likeness (QED) is 0.0262. The summed E-state index contributed by atoms with van der Waals surface area (Å²) in [7, 11) is 0. The van der Waals surface area contributed by atoms with Gasteiger partial charge in [-0.05, 0) is 57.8 Å². The first kappa shape index (κ1) is 59.6. The monoisotopic (exact) mass is 871 g/mol. The molecule has 62 heavy (non-hydrogen) atoms. The number of carbonyl (C=O) groups excluding carboxylic acids is 3. The Kier molecular flexibility index (Phi) is 49.3. The lowest BCUT2D eigenvalue weighted by atomic mass is 10.0. The fraction of sp³-hybridized carbons (Fsp3) is 0.839. The molecule has 0 amide bonds. The maximum absolute atomic E-state index is 12.8. The number of unbranched alkanes of at least 4 members (excludes halogenated alkanes) is 32. The fourth-order valence-electron chi connectivity index (χ4n) is 7.80. The number of allylic oxidation sites excluding steroid dienone is 6. The summed E-state index contributed by atoms with van der Waals surface area (Å²) in [4.78, 5) is 37.9. The van der Waals surface area contributed by atoms with Crippen molar-refractivity contribution in [1.82, 2.24) is 0 Å². The predicted molar refractivity (Wildman–Crippen MR) is 266 cm³/mol. The van der Waals surface area contributed by atoms with Crippen LogP contribution >= 0.6 is 0 Å². The van der Waals surface area contributed by atoms with Crippen molar-refractivity contribution in [2.75, 3.05) is 13.2 Å². The van der Waals surface area contributed by atoms with Crippen LogP contribution in [0.25, 0.3) is 0 Å². The van der Waals surface area contributed by atoms with Crippen molar-refractivity contribution in [2.45, 2.75) is 290 Å². The molecule has 1 atom stereocenters. The van der Waals surface area contributed by atoms with Gasteiger partial charge in [0.25, 0.3) is 0 Å². The van der Waals surface area contributed by atoms with Gasteiger partial charge in [-0.25, -0.2) is 0 Å². The highest BCUT2D eigenvalue weighted by Crippen LogP contribution is 2.16. The van der Waals surface area contributed by atoms with Gasteiger partial charge < -0.3 is 14.2 Å². The van der Waals surface area contributed by atoms with E-state index in [0.717, 1.165) is 77.0 Å². The van der Waals surface area contributed by atoms with Crippen LogP contribution < -0.4 is 0 Å². The van der Waals surface area contributed by atoms with Gasteiger partial charge in [-0.3, -0.25) is 14.4 Å². The first-order valence-electron chi connectivity index (χ1n) is 27.0. The third-order valence-corrected chi connectivity index (χ3v) is 11.9. The summed E-state index contributed by atoms with van der Waals surface area (Å²) in [6, 6.07) is 0. The van der Waals surface area contributed by atoms with Gasteiger partial charge in [0.2, 0.25) is 0 Å². The summed E-state index contributed by atoms with van der Waals surface area (Å²) < 4.78 is 16.8. The van der Waals surface area contributed by atoms with Crippen LogP contribution in [-0.4, -0.2) is 37.2 Å². The normalized spacial score (nSPS) is 12.2. The molecular formula is C56H102O6. The molecule has 0 heterocycles. The first-order valence-corrected chi connectivity index (χ1v) is 27.0. The second-order valence-electron chi connectivity index (χ2n) is 18.2. The standard InChI is InChI=1S/C56H102O6/c1-4-7-10-13-16-19-21-23-25-26-27-28-29-30-32-33-35-37-40-43-46-49-55(58)61-52-53(51-60-54(57)48-45-42-39-18-15-12-9-6-3)62-56(59)50-47-44-41-38-36-34-31-24-22-20-17-14-11-8-5-2/h21,23,26-27,29-30,53H,4-20,22,24-25,28,31-52H2,1-3H3/b23-21-,27-26-,30-29-. The molecule has 362 valence electrons. The van der Waals surface area contributed by atoms with E-state index in [1.807, 2.05) is 0 Å². The zero-order chi connectivity index (χ0) is 45.1. The predicted octanol–water partition coefficient (Wildman–Crippen LogP) is 17.7. The topological polar surface area (TPSA) is 78.9 Å². The smallest absolute Gasteiger partial charge is 0.306 e. The van der Waals surface area contributed by atoms with Crippen molar-refractivity contribution in [3.63, 3.8) is 0 Å². The zero-order valence-electron chi connectivity index (χ0n) is 41.4. The lowest BCUT2D eigenvalue weighted by Gasteiger charge is -2.18. The molecule has 0 radical (unpaired) electrons. The van der Waals surface area contributed by atoms with Crippen molar-refractivity contribution in [1.29, 1.82) is 0 Å². The van der Waals surface area contributed by atoms with E-state index in [1.165, 1.54) is 167 Å². The molecule has 0 aliphatic carbocycles. The third-order valence-electron chi connectivity index (χ3n) is 11.9. The van der Waals surface area contributed by atoms with E-state index in [1.54, 1.807) is 0 Å². The highest BCUT2D eigenvalue weighted by Gasteiger charge is 2.19. The SMILES string of the molecule is CCCCCCC/C=C\C/C=C\C/C=C\CCCCCCCCC(=O)OCC(COC(=O)CCCCCCCCCC)OC(=O)CCCCCCCCCCCCCCCCC. The summed E-state index contributed by atoms with van der Waals surface area (Å²) in [5, 5.41) is 0. The Bertz CT molecular complexity index is 1050. The Labute approximate surface area is 385 Å². The molecule has 0 aliphatic heterocycles. The molecule has 0 spiro atoms. The second kappa shape index (κ2) is 51.3. The van der Waals surface area contributed by atoms with Gasteiger partial charge in [-0.15, -0.1) is 0 Å². The summed E-state index contributed by atoms with van der Waals surface area (Å²) in [6.45, 7) is 6.61. The van der Waals surface area contributed by atoms with Crippen molar-refractivity contribution >= 4 is 17.9 Å². The highest BCUT2D eigenvalue weighted by molar-refractivity contribution is 5.71. The van der Waals surface area contributed by atoms with E-state index in [4.69, 9.17) is 14.2 Å². The minimum atomic E-state index is -0.771. The van der Waals surface area contributed by atoms with Crippen molar-refractivity contribution in [3.8, 4) is 0 Å². The molecule has 0 aromatic rings. The van der Waals surface area contributed by atoms with E-state index in [9.17, 15) is 14.4 Å². The summed E-state index contributed by atoms with van der Waals surface area (Å²) >= 11 is 0. The third kappa shape index (κ3) is 48.7. The van der Waals surface area contributed by atoms with E-state index >= 15 is 0 Å². The van der Waals surface area contributed by atoms with Crippen molar-refractivity contribution in [3.05, 3.63) is 36.5 Å². The van der Waals surface area contributed by atoms with Crippen LogP contribution in [0.5, 0.6) is 0 Å². The molecule has 0 N–H and O–H groups in total. The van der Waals surface area contributed by atoms with Crippen LogP contribution in [0, 0.1) is 0 Å². The average molecular weight is 871 g/mol. The van der Waals surface area contributed by atoms with Crippen LogP contribution in [0.15, 0.2) is 36.5 Å². The summed E-state index contributed by atoms with van der Waals surface area (Å²) in [5.74, 6) is -0.877. The maximum Gasteiger partial charge on any atom is 0.306 e. The largest absolute Gasteiger partial charge is 0.462 e. The maximum atomic E-state index is 12.8. The Morgan fingerprint density at radius 1 is 0.323 bits per heavy atom. The molecule has 0 aromatic heterocycles. The van der Waals surface area contributed by atoms with Crippen LogP contribution in [0.4, 0.5) is 0 Å². The fourth-order valence-corrected chi connectivity index (χ4v) is 7.80. The van der Waals surface area contributed by atoms with E-state index in [-0.39, 0.29) is 31.1 Å². The van der Waals surface area contributed by atoms with Gasteiger partial charge in [0.05, 0.1) is 0 Å². The van der Waals surface area contributed by atoms with Gasteiger partial charge in [0.15, 0.2) is 6.10 Å². The van der Waals surface area contributed by atoms with Crippen LogP contribution in [0.1, 0.15) is 284 Å². The minimum Gasteiger partial charge on any atom is -0.462 e.